The number of hydrogen-bond donors (Lipinski definition) is 2. The van der Waals surface area contributed by atoms with Crippen LogP contribution >= 0.6 is 46.2 Å². The molecule has 2 nitrogen and oxygen atoms in total. The van der Waals surface area contributed by atoms with Crippen molar-refractivity contribution in [1.29, 1.82) is 0 Å². The zero-order valence-corrected chi connectivity index (χ0v) is 26.5. The van der Waals surface area contributed by atoms with Gasteiger partial charge in [0.15, 0.2) is 0 Å². The van der Waals surface area contributed by atoms with Gasteiger partial charge in [-0.2, -0.15) is 0 Å². The van der Waals surface area contributed by atoms with Gasteiger partial charge < -0.3 is 10.6 Å². The number of thiophene rings is 2. The van der Waals surface area contributed by atoms with Gasteiger partial charge in [-0.25, -0.2) is 0 Å². The van der Waals surface area contributed by atoms with Gasteiger partial charge in [-0.15, -0.1) is 46.2 Å². The maximum Gasteiger partial charge on any atom is 0.0904 e. The zero-order valence-electron chi connectivity index (χ0n) is 21.2. The highest BCUT2D eigenvalue weighted by Gasteiger charge is 2.27. The fourth-order valence-electron chi connectivity index (χ4n) is 4.22. The van der Waals surface area contributed by atoms with Crippen LogP contribution < -0.4 is 19.6 Å². The molecule has 1 saturated carbocycles. The molecule has 0 bridgehead atoms. The van der Waals surface area contributed by atoms with Gasteiger partial charge in [0.05, 0.1) is 16.1 Å². The fourth-order valence-corrected chi connectivity index (χ4v) is 12.3. The largest absolute Gasteiger partial charge is 0.308 e. The van der Waals surface area contributed by atoms with Crippen LogP contribution in [-0.2, 0) is 13.1 Å². The molecule has 1 fully saturated rings. The fraction of sp³-hybridized carbons (Fsp3) is 0.667. The van der Waals surface area contributed by atoms with Crippen LogP contribution in [0, 0.1) is 0 Å². The van der Waals surface area contributed by atoms with Crippen LogP contribution in [0.2, 0.25) is 39.3 Å². The summed E-state index contributed by atoms with van der Waals surface area (Å²) in [5.41, 5.74) is 0. The van der Waals surface area contributed by atoms with Crippen LogP contribution in [0.5, 0.6) is 0 Å². The Labute approximate surface area is 215 Å². The maximum atomic E-state index is 3.98. The molecule has 0 radical (unpaired) electrons. The first-order valence-corrected chi connectivity index (χ1v) is 22.9. The van der Waals surface area contributed by atoms with E-state index in [-0.39, 0.29) is 0 Å². The molecule has 0 unspecified atom stereocenters. The molecule has 32 heavy (non-hydrogen) atoms. The van der Waals surface area contributed by atoms with Gasteiger partial charge in [-0.05, 0) is 46.5 Å². The third-order valence-electron chi connectivity index (χ3n) is 6.27. The minimum Gasteiger partial charge on any atom is -0.308 e. The average Bonchev–Trinajstić information content (AvgIpc) is 3.34. The van der Waals surface area contributed by atoms with Crippen molar-refractivity contribution in [3.63, 3.8) is 0 Å². The minimum atomic E-state index is -1.25. The van der Waals surface area contributed by atoms with Crippen LogP contribution in [0.15, 0.2) is 21.9 Å². The summed E-state index contributed by atoms with van der Waals surface area (Å²) < 4.78 is 3.27. The van der Waals surface area contributed by atoms with E-state index in [2.05, 4.69) is 97.2 Å². The van der Waals surface area contributed by atoms with Gasteiger partial charge in [0, 0.05) is 44.7 Å². The molecule has 2 atom stereocenters. The zero-order chi connectivity index (χ0) is 23.5. The molecular weight excluding hydrogens is 501 g/mol. The molecule has 1 aliphatic carbocycles. The summed E-state index contributed by atoms with van der Waals surface area (Å²) in [5.74, 6) is 0. The van der Waals surface area contributed by atoms with E-state index in [0.29, 0.717) is 12.1 Å². The molecule has 2 N–H and O–H groups in total. The lowest BCUT2D eigenvalue weighted by Crippen LogP contribution is -2.49. The van der Waals surface area contributed by atoms with Gasteiger partial charge >= 0.3 is 0 Å². The molecule has 0 aliphatic heterocycles. The molecule has 0 saturated heterocycles. The van der Waals surface area contributed by atoms with Gasteiger partial charge in [0.25, 0.3) is 0 Å². The summed E-state index contributed by atoms with van der Waals surface area (Å²) in [6, 6.07) is 6.10. The number of nitrogens with one attached hydrogen (secondary N) is 2. The summed E-state index contributed by atoms with van der Waals surface area (Å²) in [4.78, 5) is 6.06. The second-order valence-electron chi connectivity index (χ2n) is 11.0. The molecule has 2 aromatic rings. The van der Waals surface area contributed by atoms with Crippen molar-refractivity contribution < 1.29 is 0 Å². The highest BCUT2D eigenvalue weighted by Crippen LogP contribution is 2.29. The van der Waals surface area contributed by atoms with Crippen molar-refractivity contribution in [3.8, 4) is 0 Å². The highest BCUT2D eigenvalue weighted by atomic mass is 32.2. The topological polar surface area (TPSA) is 24.1 Å². The van der Waals surface area contributed by atoms with Crippen LogP contribution in [0.3, 0.4) is 0 Å². The van der Waals surface area contributed by atoms with Crippen molar-refractivity contribution in [2.75, 3.05) is 12.5 Å². The van der Waals surface area contributed by atoms with Gasteiger partial charge in [-0.3, -0.25) is 0 Å². The van der Waals surface area contributed by atoms with Crippen molar-refractivity contribution in [2.24, 2.45) is 0 Å². The lowest BCUT2D eigenvalue weighted by molar-refractivity contribution is 0.281. The van der Waals surface area contributed by atoms with Crippen LogP contribution in [0.1, 0.15) is 35.4 Å². The van der Waals surface area contributed by atoms with Crippen molar-refractivity contribution in [3.05, 3.63) is 21.9 Å². The Morgan fingerprint density at radius 2 is 1.12 bits per heavy atom. The maximum absolute atomic E-state index is 3.98. The Hall–Kier alpha value is 0.454. The quantitative estimate of drug-likeness (QED) is 0.263. The first-order chi connectivity index (χ1) is 15.0. The molecule has 0 spiro atoms. The summed E-state index contributed by atoms with van der Waals surface area (Å²) in [5, 5.41) is 7.95. The number of hydrogen-bond acceptors (Lipinski definition) is 6. The molecule has 0 amide bonds. The number of thioether (sulfide) groups is 2. The van der Waals surface area contributed by atoms with Crippen molar-refractivity contribution >= 4 is 71.3 Å². The standard InChI is InChI=1S/C24H42N2S4Si2/c1-27-19-13-23(31(3,4)5)29-21(19)15-25-17-11-9-10-12-18(17)26-16-22-20(28-2)14-24(30-22)32(6,7)8/h13-14,17-18,25-26H,9-12,15-16H2,1-8H3/t17-,18-/m1/s1. The van der Waals surface area contributed by atoms with E-state index < -0.39 is 16.1 Å². The Balaban J connectivity index is 1.65. The van der Waals surface area contributed by atoms with E-state index in [0.717, 1.165) is 13.1 Å². The smallest absolute Gasteiger partial charge is 0.0904 e. The van der Waals surface area contributed by atoms with E-state index in [1.54, 1.807) is 18.8 Å². The molecule has 8 heteroatoms. The van der Waals surface area contributed by atoms with Gasteiger partial charge in [0.2, 0.25) is 0 Å². The summed E-state index contributed by atoms with van der Waals surface area (Å²) in [7, 11) is -2.49. The van der Waals surface area contributed by atoms with E-state index in [1.165, 1.54) is 35.5 Å². The Morgan fingerprint density at radius 1 is 0.750 bits per heavy atom. The summed E-state index contributed by atoms with van der Waals surface area (Å²) in [6.45, 7) is 16.8. The molecule has 180 valence electrons. The Bertz CT molecular complexity index is 807. The van der Waals surface area contributed by atoms with Gasteiger partial charge in [0.1, 0.15) is 0 Å². The SMILES string of the molecule is CSc1cc([Si](C)(C)C)sc1CN[C@@H]1CCCC[C@H]1NCc1sc([Si](C)(C)C)cc1SC. The molecule has 3 rings (SSSR count). The highest BCUT2D eigenvalue weighted by molar-refractivity contribution is 7.99. The third kappa shape index (κ3) is 7.00. The van der Waals surface area contributed by atoms with Crippen LogP contribution in [0.25, 0.3) is 0 Å². The average molecular weight is 543 g/mol. The third-order valence-corrected chi connectivity index (χ3v) is 17.6. The lowest BCUT2D eigenvalue weighted by Gasteiger charge is -2.33. The van der Waals surface area contributed by atoms with E-state index in [4.69, 9.17) is 0 Å². The lowest BCUT2D eigenvalue weighted by atomic mass is 9.90. The van der Waals surface area contributed by atoms with Crippen LogP contribution in [0.4, 0.5) is 0 Å². The number of rotatable bonds is 10. The molecule has 0 aromatic carbocycles. The Morgan fingerprint density at radius 3 is 1.44 bits per heavy atom. The van der Waals surface area contributed by atoms with E-state index >= 15 is 0 Å². The monoisotopic (exact) mass is 542 g/mol. The molecule has 2 heterocycles. The Kier molecular flexibility index (Phi) is 9.69. The summed E-state index contributed by atoms with van der Waals surface area (Å²) >= 11 is 7.95. The minimum absolute atomic E-state index is 0.574. The second-order valence-corrected chi connectivity index (χ2v) is 25.7. The summed E-state index contributed by atoms with van der Waals surface area (Å²) in [6.07, 6.45) is 9.74. The van der Waals surface area contributed by atoms with E-state index in [1.807, 2.05) is 23.5 Å². The normalized spacial score (nSPS) is 20.1. The predicted octanol–water partition coefficient (Wildman–Crippen LogP) is 6.53. The molecular formula is C24H42N2S4Si2. The van der Waals surface area contributed by atoms with E-state index in [9.17, 15) is 0 Å². The van der Waals surface area contributed by atoms with Crippen molar-refractivity contribution in [2.45, 2.75) is 99.9 Å². The molecule has 1 aliphatic rings. The van der Waals surface area contributed by atoms with Crippen LogP contribution in [-0.4, -0.2) is 40.7 Å². The second kappa shape index (κ2) is 11.5. The first-order valence-electron chi connectivity index (χ1n) is 11.8. The molecule has 2 aromatic heterocycles. The van der Waals surface area contributed by atoms with Crippen molar-refractivity contribution in [1.82, 2.24) is 10.6 Å². The van der Waals surface area contributed by atoms with Gasteiger partial charge in [-0.1, -0.05) is 52.1 Å². The predicted molar refractivity (Wildman–Crippen MR) is 158 cm³/mol. The first kappa shape index (κ1) is 27.0.